The van der Waals surface area contributed by atoms with E-state index in [-0.39, 0.29) is 16.4 Å². The molecule has 0 atom stereocenters. The smallest absolute Gasteiger partial charge is 0.260 e. The van der Waals surface area contributed by atoms with E-state index in [4.69, 9.17) is 12.2 Å². The Morgan fingerprint density at radius 3 is 2.73 bits per heavy atom. The number of carbonyl (C=O) groups is 1. The number of amides is 1. The van der Waals surface area contributed by atoms with Gasteiger partial charge in [0.25, 0.3) is 5.91 Å². The number of nitrogens with zero attached hydrogens (tertiary/aromatic N) is 1. The third kappa shape index (κ3) is 5.49. The van der Waals surface area contributed by atoms with Crippen LogP contribution in [-0.2, 0) is 4.79 Å². The summed E-state index contributed by atoms with van der Waals surface area (Å²) in [5, 5.41) is 15.4. The van der Waals surface area contributed by atoms with Crippen molar-refractivity contribution in [3.63, 3.8) is 0 Å². The van der Waals surface area contributed by atoms with Crippen molar-refractivity contribution < 1.29 is 9.90 Å². The first-order valence-corrected chi connectivity index (χ1v) is 7.06. The summed E-state index contributed by atoms with van der Waals surface area (Å²) in [6.45, 7) is 7.32. The van der Waals surface area contributed by atoms with Crippen molar-refractivity contribution >= 4 is 35.1 Å². The third-order valence-corrected chi connectivity index (χ3v) is 2.99. The number of hydrogen-bond acceptors (Lipinski definition) is 3. The maximum Gasteiger partial charge on any atom is 0.260 e. The fourth-order valence-electron chi connectivity index (χ4n) is 1.55. The SMILES string of the molecule is C=CCNC(=S)/N=C/C(C(=O)Nc1ccccc1C)=C(\C)O. The Bertz CT molecular complexity index is 632. The minimum absolute atomic E-state index is 0.0472. The quantitative estimate of drug-likeness (QED) is 0.257. The van der Waals surface area contributed by atoms with Gasteiger partial charge in [-0.15, -0.1) is 6.58 Å². The first-order valence-electron chi connectivity index (χ1n) is 6.65. The molecule has 0 saturated heterocycles. The Labute approximate surface area is 135 Å². The van der Waals surface area contributed by atoms with Gasteiger partial charge in [0, 0.05) is 18.4 Å². The highest BCUT2D eigenvalue weighted by Crippen LogP contribution is 2.14. The molecule has 6 heteroatoms. The van der Waals surface area contributed by atoms with Crippen LogP contribution in [0.2, 0.25) is 0 Å². The van der Waals surface area contributed by atoms with Crippen LogP contribution in [-0.4, -0.2) is 28.9 Å². The largest absolute Gasteiger partial charge is 0.512 e. The first-order chi connectivity index (χ1) is 10.5. The molecule has 0 saturated carbocycles. The maximum atomic E-state index is 12.2. The number of rotatable bonds is 5. The number of hydrogen-bond donors (Lipinski definition) is 3. The number of anilines is 1. The highest BCUT2D eigenvalue weighted by Gasteiger charge is 2.12. The molecule has 22 heavy (non-hydrogen) atoms. The van der Waals surface area contributed by atoms with Gasteiger partial charge in [-0.2, -0.15) is 0 Å². The van der Waals surface area contributed by atoms with Crippen molar-refractivity contribution in [1.82, 2.24) is 5.32 Å². The fraction of sp³-hybridized carbons (Fsp3) is 0.188. The van der Waals surface area contributed by atoms with Crippen LogP contribution in [0.1, 0.15) is 12.5 Å². The predicted octanol–water partition coefficient (Wildman–Crippen LogP) is 2.90. The molecule has 1 rings (SSSR count). The van der Waals surface area contributed by atoms with Crippen molar-refractivity contribution in [2.75, 3.05) is 11.9 Å². The summed E-state index contributed by atoms with van der Waals surface area (Å²) in [4.78, 5) is 16.2. The highest BCUT2D eigenvalue weighted by molar-refractivity contribution is 7.80. The van der Waals surface area contributed by atoms with E-state index < -0.39 is 5.91 Å². The Morgan fingerprint density at radius 2 is 2.14 bits per heavy atom. The molecular weight excluding hydrogens is 298 g/mol. The number of aryl methyl sites for hydroxylation is 1. The molecule has 1 amide bonds. The molecule has 0 aliphatic carbocycles. The molecular formula is C16H19N3O2S. The minimum atomic E-state index is -0.454. The molecule has 0 aromatic heterocycles. The Kier molecular flexibility index (Phi) is 6.98. The average Bonchev–Trinajstić information content (AvgIpc) is 2.47. The topological polar surface area (TPSA) is 73.7 Å². The zero-order valence-corrected chi connectivity index (χ0v) is 13.4. The van der Waals surface area contributed by atoms with Crippen LogP contribution in [0.4, 0.5) is 5.69 Å². The number of carbonyl (C=O) groups excluding carboxylic acids is 1. The molecule has 0 heterocycles. The maximum absolute atomic E-state index is 12.2. The summed E-state index contributed by atoms with van der Waals surface area (Å²) in [6.07, 6.45) is 2.88. The first kappa shape index (κ1) is 17.6. The van der Waals surface area contributed by atoms with Crippen molar-refractivity contribution in [2.24, 2.45) is 4.99 Å². The van der Waals surface area contributed by atoms with Crippen LogP contribution in [0.3, 0.4) is 0 Å². The molecule has 0 bridgehead atoms. The second-order valence-electron chi connectivity index (χ2n) is 4.50. The van der Waals surface area contributed by atoms with Crippen LogP contribution in [0.5, 0.6) is 0 Å². The zero-order chi connectivity index (χ0) is 16.5. The highest BCUT2D eigenvalue weighted by atomic mass is 32.1. The van der Waals surface area contributed by atoms with Crippen molar-refractivity contribution in [3.8, 4) is 0 Å². The van der Waals surface area contributed by atoms with E-state index in [1.807, 2.05) is 25.1 Å². The number of aliphatic imine (C=N–C) groups is 1. The van der Waals surface area contributed by atoms with Gasteiger partial charge in [0.05, 0.1) is 5.57 Å². The van der Waals surface area contributed by atoms with Crippen molar-refractivity contribution in [1.29, 1.82) is 0 Å². The Hall–Kier alpha value is -2.47. The van der Waals surface area contributed by atoms with E-state index in [2.05, 4.69) is 22.2 Å². The standard InChI is InChI=1S/C16H19N3O2S/c1-4-9-17-16(22)18-10-13(12(3)20)15(21)19-14-8-6-5-7-11(14)2/h4-8,10,20H,1,9H2,2-3H3,(H,17,22)(H,19,21)/b13-12-,18-10+. The number of allylic oxidation sites excluding steroid dienone is 1. The minimum Gasteiger partial charge on any atom is -0.512 e. The van der Waals surface area contributed by atoms with Gasteiger partial charge in [0.2, 0.25) is 0 Å². The lowest BCUT2D eigenvalue weighted by Gasteiger charge is -2.09. The summed E-state index contributed by atoms with van der Waals surface area (Å²) >= 11 is 4.97. The molecule has 0 aliphatic rings. The van der Waals surface area contributed by atoms with E-state index in [1.54, 1.807) is 12.1 Å². The van der Waals surface area contributed by atoms with E-state index >= 15 is 0 Å². The zero-order valence-electron chi connectivity index (χ0n) is 12.6. The molecule has 5 nitrogen and oxygen atoms in total. The average molecular weight is 317 g/mol. The van der Waals surface area contributed by atoms with Crippen LogP contribution < -0.4 is 10.6 Å². The van der Waals surface area contributed by atoms with Gasteiger partial charge in [-0.1, -0.05) is 24.3 Å². The Balaban J connectivity index is 2.84. The summed E-state index contributed by atoms with van der Waals surface area (Å²) in [7, 11) is 0. The third-order valence-electron chi connectivity index (χ3n) is 2.74. The number of thiocarbonyl (C=S) groups is 1. The van der Waals surface area contributed by atoms with Crippen molar-refractivity contribution in [2.45, 2.75) is 13.8 Å². The summed E-state index contributed by atoms with van der Waals surface area (Å²) < 4.78 is 0. The second-order valence-corrected chi connectivity index (χ2v) is 4.89. The number of para-hydroxylation sites is 1. The van der Waals surface area contributed by atoms with Gasteiger partial charge in [0.1, 0.15) is 5.76 Å². The summed E-state index contributed by atoms with van der Waals surface area (Å²) in [5.74, 6) is -0.592. The normalized spacial score (nSPS) is 11.7. The van der Waals surface area contributed by atoms with Gasteiger partial charge in [-0.05, 0) is 37.7 Å². The number of benzene rings is 1. The number of nitrogens with one attached hydrogen (secondary N) is 2. The summed E-state index contributed by atoms with van der Waals surface area (Å²) in [6, 6.07) is 7.36. The molecule has 116 valence electrons. The molecule has 3 N–H and O–H groups in total. The van der Waals surface area contributed by atoms with Gasteiger partial charge < -0.3 is 15.7 Å². The van der Waals surface area contributed by atoms with Crippen LogP contribution in [0.25, 0.3) is 0 Å². The van der Waals surface area contributed by atoms with E-state index in [1.165, 1.54) is 13.1 Å². The molecule has 1 aromatic carbocycles. The fourth-order valence-corrected chi connectivity index (χ4v) is 1.68. The van der Waals surface area contributed by atoms with Crippen molar-refractivity contribution in [3.05, 3.63) is 53.8 Å². The van der Waals surface area contributed by atoms with Crippen LogP contribution >= 0.6 is 12.2 Å². The van der Waals surface area contributed by atoms with E-state index in [9.17, 15) is 9.90 Å². The van der Waals surface area contributed by atoms with Crippen LogP contribution in [0, 0.1) is 6.92 Å². The molecule has 1 aromatic rings. The van der Waals surface area contributed by atoms with Crippen LogP contribution in [0.15, 0.2) is 53.2 Å². The molecule has 0 aliphatic heterocycles. The molecule has 0 radical (unpaired) electrons. The predicted molar refractivity (Wildman–Crippen MR) is 94.4 cm³/mol. The van der Waals surface area contributed by atoms with E-state index in [0.717, 1.165) is 5.56 Å². The second kappa shape index (κ2) is 8.74. The van der Waals surface area contributed by atoms with Gasteiger partial charge in [-0.25, -0.2) is 4.99 Å². The number of aliphatic hydroxyl groups is 1. The van der Waals surface area contributed by atoms with Gasteiger partial charge in [0.15, 0.2) is 5.11 Å². The molecule has 0 fully saturated rings. The van der Waals surface area contributed by atoms with Gasteiger partial charge >= 0.3 is 0 Å². The summed E-state index contributed by atoms with van der Waals surface area (Å²) in [5.41, 5.74) is 1.64. The molecule has 0 spiro atoms. The lowest BCUT2D eigenvalue weighted by molar-refractivity contribution is -0.112. The Morgan fingerprint density at radius 1 is 1.45 bits per heavy atom. The number of aliphatic hydroxyl groups excluding tert-OH is 1. The van der Waals surface area contributed by atoms with E-state index in [0.29, 0.717) is 12.2 Å². The lowest BCUT2D eigenvalue weighted by Crippen LogP contribution is -2.21. The molecule has 0 unspecified atom stereocenters. The lowest BCUT2D eigenvalue weighted by atomic mass is 10.2. The van der Waals surface area contributed by atoms with Gasteiger partial charge in [-0.3, -0.25) is 4.79 Å². The monoisotopic (exact) mass is 317 g/mol.